The van der Waals surface area contributed by atoms with Gasteiger partial charge in [0.15, 0.2) is 5.96 Å². The van der Waals surface area contributed by atoms with Gasteiger partial charge in [-0.1, -0.05) is 31.5 Å². The van der Waals surface area contributed by atoms with E-state index in [9.17, 15) is 9.59 Å². The monoisotopic (exact) mass is 403 g/mol. The maximum absolute atomic E-state index is 12.6. The van der Waals surface area contributed by atoms with Gasteiger partial charge < -0.3 is 21.5 Å². The van der Waals surface area contributed by atoms with E-state index in [1.807, 2.05) is 18.2 Å². The Balaban J connectivity index is 1.78. The van der Waals surface area contributed by atoms with Crippen LogP contribution in [0.15, 0.2) is 35.3 Å². The first-order chi connectivity index (χ1) is 14.0. The van der Waals surface area contributed by atoms with E-state index in [4.69, 9.17) is 16.2 Å². The molecule has 8 heteroatoms. The predicted molar refractivity (Wildman–Crippen MR) is 113 cm³/mol. The van der Waals surface area contributed by atoms with Crippen molar-refractivity contribution in [2.75, 3.05) is 19.7 Å². The van der Waals surface area contributed by atoms with Crippen molar-refractivity contribution in [2.45, 2.75) is 57.0 Å². The van der Waals surface area contributed by atoms with Gasteiger partial charge in [0.1, 0.15) is 5.54 Å². The molecule has 2 rings (SSSR count). The molecule has 1 aromatic rings. The van der Waals surface area contributed by atoms with Gasteiger partial charge in [-0.15, -0.1) is 0 Å². The van der Waals surface area contributed by atoms with Crippen LogP contribution in [0.2, 0.25) is 0 Å². The quantitative estimate of drug-likeness (QED) is 0.129. The normalized spacial score (nSPS) is 20.0. The molecule has 0 spiro atoms. The summed E-state index contributed by atoms with van der Waals surface area (Å²) in [6.45, 7) is 3.53. The van der Waals surface area contributed by atoms with Crippen LogP contribution in [0.1, 0.15) is 55.8 Å². The minimum absolute atomic E-state index is 0.0458. The Morgan fingerprint density at radius 1 is 1.21 bits per heavy atom. The van der Waals surface area contributed by atoms with Gasteiger partial charge in [-0.25, -0.2) is 4.79 Å². The number of ether oxygens (including phenoxy) is 1. The molecule has 8 nitrogen and oxygen atoms in total. The van der Waals surface area contributed by atoms with Crippen molar-refractivity contribution in [3.05, 3.63) is 35.9 Å². The van der Waals surface area contributed by atoms with Crippen LogP contribution in [-0.2, 0) is 9.53 Å². The molecule has 0 saturated carbocycles. The fraction of sp³-hybridized carbons (Fsp3) is 0.571. The number of nitrogens with zero attached hydrogens (tertiary/aromatic N) is 1. The van der Waals surface area contributed by atoms with Gasteiger partial charge >= 0.3 is 5.97 Å². The number of carbonyl (C=O) groups excluding carboxylic acids is 2. The highest BCUT2D eigenvalue weighted by atomic mass is 16.5. The molecule has 29 heavy (non-hydrogen) atoms. The van der Waals surface area contributed by atoms with Gasteiger partial charge in [0.05, 0.1) is 6.61 Å². The lowest BCUT2D eigenvalue weighted by atomic mass is 9.96. The number of aliphatic imine (C=N–C) groups is 1. The summed E-state index contributed by atoms with van der Waals surface area (Å²) in [6.07, 6.45) is 4.69. The smallest absolute Gasteiger partial charge is 0.327 e. The van der Waals surface area contributed by atoms with Crippen molar-refractivity contribution in [2.24, 2.45) is 16.5 Å². The fourth-order valence-corrected chi connectivity index (χ4v) is 3.34. The molecule has 1 amide bonds. The number of guanidine groups is 1. The number of esters is 1. The second-order valence-corrected chi connectivity index (χ2v) is 7.33. The largest absolute Gasteiger partial charge is 0.464 e. The molecule has 0 aromatic heterocycles. The van der Waals surface area contributed by atoms with Crippen LogP contribution in [0.25, 0.3) is 0 Å². The molecule has 1 aromatic carbocycles. The van der Waals surface area contributed by atoms with E-state index in [0.29, 0.717) is 38.1 Å². The molecule has 1 aliphatic heterocycles. The molecule has 160 valence electrons. The lowest BCUT2D eigenvalue weighted by Gasteiger charge is -2.14. The molecule has 0 bridgehead atoms. The number of nitrogens with one attached hydrogen (secondary N) is 2. The van der Waals surface area contributed by atoms with Crippen LogP contribution in [0.3, 0.4) is 0 Å². The van der Waals surface area contributed by atoms with E-state index in [1.54, 1.807) is 12.1 Å². The van der Waals surface area contributed by atoms with Crippen LogP contribution in [-0.4, -0.2) is 49.1 Å². The topological polar surface area (TPSA) is 142 Å². The number of carbonyl (C=O) groups is 2. The highest BCUT2D eigenvalue weighted by molar-refractivity contribution is 5.94. The van der Waals surface area contributed by atoms with E-state index in [2.05, 4.69) is 22.5 Å². The number of benzene rings is 1. The maximum atomic E-state index is 12.6. The Bertz CT molecular complexity index is 691. The first-order valence-corrected chi connectivity index (χ1v) is 10.3. The first kappa shape index (κ1) is 22.7. The van der Waals surface area contributed by atoms with Crippen LogP contribution < -0.4 is 22.1 Å². The summed E-state index contributed by atoms with van der Waals surface area (Å²) in [7, 11) is 0. The van der Waals surface area contributed by atoms with Crippen molar-refractivity contribution in [1.82, 2.24) is 10.6 Å². The SMILES string of the molecule is CCCCOC(=O)[C@]1(CCCN=C(N)N)NC1CCCNC(=O)c1ccccc1. The summed E-state index contributed by atoms with van der Waals surface area (Å²) in [5.74, 6) is -0.232. The summed E-state index contributed by atoms with van der Waals surface area (Å²) in [6, 6.07) is 9.16. The van der Waals surface area contributed by atoms with E-state index in [-0.39, 0.29) is 23.9 Å². The van der Waals surface area contributed by atoms with E-state index in [1.165, 1.54) is 0 Å². The first-order valence-electron chi connectivity index (χ1n) is 10.3. The average molecular weight is 404 g/mol. The molecule has 1 heterocycles. The van der Waals surface area contributed by atoms with Gasteiger partial charge in [-0.3, -0.25) is 15.1 Å². The number of unbranched alkanes of at least 4 members (excludes halogenated alkanes) is 1. The van der Waals surface area contributed by atoms with Crippen molar-refractivity contribution >= 4 is 17.8 Å². The second-order valence-electron chi connectivity index (χ2n) is 7.33. The van der Waals surface area contributed by atoms with E-state index >= 15 is 0 Å². The third kappa shape index (κ3) is 7.05. The Labute approximate surface area is 172 Å². The molecule has 1 saturated heterocycles. The summed E-state index contributed by atoms with van der Waals surface area (Å²) in [4.78, 5) is 28.7. The molecule has 1 aliphatic rings. The second kappa shape index (κ2) is 11.4. The van der Waals surface area contributed by atoms with Crippen LogP contribution in [0.4, 0.5) is 0 Å². The minimum atomic E-state index is -0.657. The third-order valence-corrected chi connectivity index (χ3v) is 5.05. The Morgan fingerprint density at radius 2 is 1.97 bits per heavy atom. The Hall–Kier alpha value is -2.61. The lowest BCUT2D eigenvalue weighted by molar-refractivity contribution is -0.147. The molecule has 2 atom stereocenters. The minimum Gasteiger partial charge on any atom is -0.464 e. The number of amides is 1. The summed E-state index contributed by atoms with van der Waals surface area (Å²) in [5.41, 5.74) is 10.7. The molecular formula is C21H33N5O3. The van der Waals surface area contributed by atoms with Gasteiger partial charge in [-0.05, 0) is 44.2 Å². The molecule has 6 N–H and O–H groups in total. The number of hydrogen-bond acceptors (Lipinski definition) is 5. The fourth-order valence-electron chi connectivity index (χ4n) is 3.34. The van der Waals surface area contributed by atoms with Gasteiger partial charge in [0.2, 0.25) is 0 Å². The van der Waals surface area contributed by atoms with Crippen molar-refractivity contribution in [3.8, 4) is 0 Å². The van der Waals surface area contributed by atoms with E-state index < -0.39 is 5.54 Å². The van der Waals surface area contributed by atoms with Crippen LogP contribution in [0, 0.1) is 0 Å². The zero-order valence-electron chi connectivity index (χ0n) is 17.2. The maximum Gasteiger partial charge on any atom is 0.327 e. The van der Waals surface area contributed by atoms with Crippen molar-refractivity contribution in [1.29, 1.82) is 0 Å². The average Bonchev–Trinajstić information content (AvgIpc) is 3.43. The van der Waals surface area contributed by atoms with Crippen LogP contribution in [0.5, 0.6) is 0 Å². The van der Waals surface area contributed by atoms with Gasteiger partial charge in [0.25, 0.3) is 5.91 Å². The molecule has 1 unspecified atom stereocenters. The Morgan fingerprint density at radius 3 is 2.66 bits per heavy atom. The molecular weight excluding hydrogens is 370 g/mol. The zero-order chi connectivity index (χ0) is 21.1. The van der Waals surface area contributed by atoms with Gasteiger partial charge in [0, 0.05) is 24.7 Å². The summed E-state index contributed by atoms with van der Waals surface area (Å²) in [5, 5.41) is 6.24. The predicted octanol–water partition coefficient (Wildman–Crippen LogP) is 1.30. The standard InChI is InChI=1S/C21H33N5O3/c1-2-3-15-29-19(28)21(12-8-14-25-20(22)23)17(26-21)11-7-13-24-18(27)16-9-5-4-6-10-16/h4-6,9-10,17,26H,2-3,7-8,11-15H2,1H3,(H,24,27)(H4,22,23,25)/t17?,21-/m1/s1. The zero-order valence-corrected chi connectivity index (χ0v) is 17.2. The van der Waals surface area contributed by atoms with Crippen molar-refractivity contribution in [3.63, 3.8) is 0 Å². The molecule has 1 fully saturated rings. The highest BCUT2D eigenvalue weighted by Gasteiger charge is 2.59. The third-order valence-electron chi connectivity index (χ3n) is 5.05. The Kier molecular flexibility index (Phi) is 8.92. The number of rotatable bonds is 13. The van der Waals surface area contributed by atoms with E-state index in [0.717, 1.165) is 25.7 Å². The number of nitrogens with two attached hydrogens (primary N) is 2. The van der Waals surface area contributed by atoms with Crippen LogP contribution >= 0.6 is 0 Å². The summed E-state index contributed by atoms with van der Waals surface area (Å²) < 4.78 is 5.46. The van der Waals surface area contributed by atoms with Crippen molar-refractivity contribution < 1.29 is 14.3 Å². The number of hydrogen-bond donors (Lipinski definition) is 4. The summed E-state index contributed by atoms with van der Waals surface area (Å²) >= 11 is 0. The lowest BCUT2D eigenvalue weighted by Crippen LogP contribution is -2.33. The molecule has 0 aliphatic carbocycles. The van der Waals surface area contributed by atoms with Gasteiger partial charge in [-0.2, -0.15) is 0 Å². The molecule has 0 radical (unpaired) electrons. The highest BCUT2D eigenvalue weighted by Crippen LogP contribution is 2.36.